The Morgan fingerprint density at radius 2 is 2.00 bits per heavy atom. The summed E-state index contributed by atoms with van der Waals surface area (Å²) in [5, 5.41) is 13.0. The summed E-state index contributed by atoms with van der Waals surface area (Å²) in [6.07, 6.45) is 7.35. The molecule has 1 aromatic rings. The number of aromatic nitrogens is 1. The molecule has 1 aliphatic carbocycles. The van der Waals surface area contributed by atoms with Gasteiger partial charge in [-0.15, -0.1) is 0 Å². The summed E-state index contributed by atoms with van der Waals surface area (Å²) >= 11 is 0. The number of aliphatic hydroxyl groups is 1. The maximum Gasteiger partial charge on any atom is 0.255 e. The summed E-state index contributed by atoms with van der Waals surface area (Å²) in [6, 6.07) is 3.50. The van der Waals surface area contributed by atoms with Crippen molar-refractivity contribution in [2.75, 3.05) is 18.0 Å². The standard InChI is InChI=1S/C16H23N3O2/c20-14-8-2-1-7-13(14)18-16(21)12-6-5-9-17-15(12)19-10-3-4-11-19/h5-6,9,13-14,20H,1-4,7-8,10-11H2,(H,18,21). The van der Waals surface area contributed by atoms with E-state index in [1.807, 2.05) is 6.07 Å². The van der Waals surface area contributed by atoms with E-state index < -0.39 is 6.10 Å². The molecule has 0 radical (unpaired) electrons. The molecule has 1 aromatic heterocycles. The average molecular weight is 289 g/mol. The van der Waals surface area contributed by atoms with Gasteiger partial charge in [0.1, 0.15) is 5.82 Å². The predicted octanol–water partition coefficient (Wildman–Crippen LogP) is 1.72. The lowest BCUT2D eigenvalue weighted by Gasteiger charge is -2.29. The van der Waals surface area contributed by atoms with E-state index in [4.69, 9.17) is 0 Å². The Morgan fingerprint density at radius 3 is 2.76 bits per heavy atom. The molecule has 1 amide bonds. The molecular weight excluding hydrogens is 266 g/mol. The van der Waals surface area contributed by atoms with Crippen LogP contribution in [0.1, 0.15) is 48.9 Å². The third-order valence-electron chi connectivity index (χ3n) is 4.48. The number of hydrogen-bond acceptors (Lipinski definition) is 4. The molecule has 0 aromatic carbocycles. The van der Waals surface area contributed by atoms with Crippen molar-refractivity contribution < 1.29 is 9.90 Å². The predicted molar refractivity (Wildman–Crippen MR) is 81.4 cm³/mol. The van der Waals surface area contributed by atoms with Crippen LogP contribution in [0.15, 0.2) is 18.3 Å². The average Bonchev–Trinajstić information content (AvgIpc) is 3.04. The highest BCUT2D eigenvalue weighted by Crippen LogP contribution is 2.23. The minimum absolute atomic E-state index is 0.115. The van der Waals surface area contributed by atoms with Gasteiger partial charge in [0, 0.05) is 19.3 Å². The molecule has 5 heteroatoms. The van der Waals surface area contributed by atoms with Crippen molar-refractivity contribution in [1.82, 2.24) is 10.3 Å². The van der Waals surface area contributed by atoms with Gasteiger partial charge in [-0.3, -0.25) is 4.79 Å². The second-order valence-electron chi connectivity index (χ2n) is 6.00. The second kappa shape index (κ2) is 6.43. The van der Waals surface area contributed by atoms with Gasteiger partial charge in [0.2, 0.25) is 0 Å². The molecule has 3 rings (SSSR count). The highest BCUT2D eigenvalue weighted by Gasteiger charge is 2.27. The molecule has 1 aliphatic heterocycles. The second-order valence-corrected chi connectivity index (χ2v) is 6.00. The topological polar surface area (TPSA) is 65.5 Å². The Bertz CT molecular complexity index is 500. The summed E-state index contributed by atoms with van der Waals surface area (Å²) in [5.74, 6) is 0.661. The highest BCUT2D eigenvalue weighted by atomic mass is 16.3. The van der Waals surface area contributed by atoms with Gasteiger partial charge in [-0.2, -0.15) is 0 Å². The van der Waals surface area contributed by atoms with Crippen LogP contribution < -0.4 is 10.2 Å². The van der Waals surface area contributed by atoms with Gasteiger partial charge >= 0.3 is 0 Å². The van der Waals surface area contributed by atoms with E-state index in [9.17, 15) is 9.90 Å². The monoisotopic (exact) mass is 289 g/mol. The smallest absolute Gasteiger partial charge is 0.255 e. The number of nitrogens with zero attached hydrogens (tertiary/aromatic N) is 2. The molecule has 2 atom stereocenters. The van der Waals surface area contributed by atoms with Gasteiger partial charge in [0.05, 0.1) is 17.7 Å². The van der Waals surface area contributed by atoms with E-state index in [1.54, 1.807) is 12.3 Å². The van der Waals surface area contributed by atoms with Gasteiger partial charge < -0.3 is 15.3 Å². The van der Waals surface area contributed by atoms with E-state index >= 15 is 0 Å². The first-order chi connectivity index (χ1) is 10.3. The molecular formula is C16H23N3O2. The van der Waals surface area contributed by atoms with Crippen LogP contribution in [-0.4, -0.2) is 41.2 Å². The first-order valence-electron chi connectivity index (χ1n) is 7.94. The van der Waals surface area contributed by atoms with Crippen molar-refractivity contribution in [3.63, 3.8) is 0 Å². The molecule has 114 valence electrons. The maximum atomic E-state index is 12.5. The van der Waals surface area contributed by atoms with Gasteiger partial charge in [-0.25, -0.2) is 4.98 Å². The lowest BCUT2D eigenvalue weighted by Crippen LogP contribution is -2.45. The molecule has 2 N–H and O–H groups in total. The van der Waals surface area contributed by atoms with Crippen molar-refractivity contribution in [2.45, 2.75) is 50.7 Å². The third-order valence-corrected chi connectivity index (χ3v) is 4.48. The van der Waals surface area contributed by atoms with E-state index in [0.717, 1.165) is 57.4 Å². The number of amides is 1. The van der Waals surface area contributed by atoms with Crippen molar-refractivity contribution in [3.05, 3.63) is 23.9 Å². The van der Waals surface area contributed by atoms with Gasteiger partial charge in [-0.1, -0.05) is 12.8 Å². The van der Waals surface area contributed by atoms with Crippen molar-refractivity contribution >= 4 is 11.7 Å². The fourth-order valence-corrected chi connectivity index (χ4v) is 3.28. The van der Waals surface area contributed by atoms with Crippen LogP contribution in [-0.2, 0) is 0 Å². The molecule has 2 aliphatic rings. The Hall–Kier alpha value is -1.62. The molecule has 2 heterocycles. The van der Waals surface area contributed by atoms with E-state index in [-0.39, 0.29) is 11.9 Å². The molecule has 21 heavy (non-hydrogen) atoms. The van der Waals surface area contributed by atoms with Crippen molar-refractivity contribution in [2.24, 2.45) is 0 Å². The number of carbonyl (C=O) groups excluding carboxylic acids is 1. The lowest BCUT2D eigenvalue weighted by atomic mass is 9.92. The maximum absolute atomic E-state index is 12.5. The van der Waals surface area contributed by atoms with E-state index in [0.29, 0.717) is 5.56 Å². The zero-order valence-corrected chi connectivity index (χ0v) is 12.3. The first kappa shape index (κ1) is 14.3. The highest BCUT2D eigenvalue weighted by molar-refractivity contribution is 5.99. The molecule has 2 fully saturated rings. The van der Waals surface area contributed by atoms with Crippen LogP contribution in [0.25, 0.3) is 0 Å². The number of carbonyl (C=O) groups is 1. The molecule has 1 saturated carbocycles. The summed E-state index contributed by atoms with van der Waals surface area (Å²) < 4.78 is 0. The fraction of sp³-hybridized carbons (Fsp3) is 0.625. The lowest BCUT2D eigenvalue weighted by molar-refractivity contribution is 0.0717. The number of nitrogens with one attached hydrogen (secondary N) is 1. The molecule has 1 saturated heterocycles. The summed E-state index contributed by atoms with van der Waals surface area (Å²) in [7, 11) is 0. The number of anilines is 1. The normalized spacial score (nSPS) is 25.9. The van der Waals surface area contributed by atoms with Crippen LogP contribution in [0.5, 0.6) is 0 Å². The molecule has 5 nitrogen and oxygen atoms in total. The van der Waals surface area contributed by atoms with Crippen LogP contribution >= 0.6 is 0 Å². The van der Waals surface area contributed by atoms with E-state index in [1.165, 1.54) is 0 Å². The summed E-state index contributed by atoms with van der Waals surface area (Å²) in [4.78, 5) is 19.1. The SMILES string of the molecule is O=C(NC1CCCCC1O)c1cccnc1N1CCCC1. The number of hydrogen-bond donors (Lipinski definition) is 2. The van der Waals surface area contributed by atoms with E-state index in [2.05, 4.69) is 15.2 Å². The van der Waals surface area contributed by atoms with Gasteiger partial charge in [-0.05, 0) is 37.8 Å². The molecule has 0 bridgehead atoms. The quantitative estimate of drug-likeness (QED) is 0.889. The Labute approximate surface area is 125 Å². The Kier molecular flexibility index (Phi) is 4.39. The minimum Gasteiger partial charge on any atom is -0.391 e. The Balaban J connectivity index is 1.74. The van der Waals surface area contributed by atoms with Gasteiger partial charge in [0.15, 0.2) is 0 Å². The first-order valence-corrected chi connectivity index (χ1v) is 7.94. The Morgan fingerprint density at radius 1 is 1.24 bits per heavy atom. The molecule has 0 spiro atoms. The third kappa shape index (κ3) is 3.18. The van der Waals surface area contributed by atoms with Gasteiger partial charge in [0.25, 0.3) is 5.91 Å². The van der Waals surface area contributed by atoms with Crippen LogP contribution in [0.3, 0.4) is 0 Å². The van der Waals surface area contributed by atoms with Crippen LogP contribution in [0.2, 0.25) is 0 Å². The van der Waals surface area contributed by atoms with Crippen LogP contribution in [0.4, 0.5) is 5.82 Å². The summed E-state index contributed by atoms with van der Waals surface area (Å²) in [5.41, 5.74) is 0.622. The van der Waals surface area contributed by atoms with Crippen molar-refractivity contribution in [1.29, 1.82) is 0 Å². The number of pyridine rings is 1. The number of rotatable bonds is 3. The molecule has 2 unspecified atom stereocenters. The van der Waals surface area contributed by atoms with Crippen LogP contribution in [0, 0.1) is 0 Å². The van der Waals surface area contributed by atoms with Crippen molar-refractivity contribution in [3.8, 4) is 0 Å². The zero-order valence-electron chi connectivity index (χ0n) is 12.3. The number of aliphatic hydroxyl groups excluding tert-OH is 1. The largest absolute Gasteiger partial charge is 0.391 e. The fourth-order valence-electron chi connectivity index (χ4n) is 3.28. The zero-order chi connectivity index (χ0) is 14.7. The summed E-state index contributed by atoms with van der Waals surface area (Å²) in [6.45, 7) is 1.92. The minimum atomic E-state index is -0.422.